The molecule has 5 heteroatoms. The number of carbonyl (C=O) groups is 1. The van der Waals surface area contributed by atoms with Crippen molar-refractivity contribution in [1.29, 1.82) is 0 Å². The van der Waals surface area contributed by atoms with Crippen LogP contribution in [0.1, 0.15) is 12.5 Å². The van der Waals surface area contributed by atoms with Gasteiger partial charge in [0.05, 0.1) is 0 Å². The summed E-state index contributed by atoms with van der Waals surface area (Å²) in [4.78, 5) is 12.1. The summed E-state index contributed by atoms with van der Waals surface area (Å²) in [6, 6.07) is 10.8. The number of anilines is 1. The van der Waals surface area contributed by atoms with Crippen LogP contribution in [0.4, 0.5) is 10.1 Å². The molecule has 0 heterocycles. The summed E-state index contributed by atoms with van der Waals surface area (Å²) < 4.78 is 18.3. The van der Waals surface area contributed by atoms with Crippen LogP contribution in [0, 0.1) is 12.7 Å². The number of hydrogen-bond acceptors (Lipinski definition) is 2. The van der Waals surface area contributed by atoms with E-state index in [1.807, 2.05) is 6.92 Å². The third-order valence-electron chi connectivity index (χ3n) is 3.02. The van der Waals surface area contributed by atoms with E-state index >= 15 is 0 Å². The van der Waals surface area contributed by atoms with Crippen molar-refractivity contribution in [2.45, 2.75) is 20.0 Å². The number of halogens is 2. The lowest BCUT2D eigenvalue weighted by Gasteiger charge is -2.16. The molecule has 2 aromatic rings. The lowest BCUT2D eigenvalue weighted by Crippen LogP contribution is -2.30. The minimum Gasteiger partial charge on any atom is -0.481 e. The molecule has 0 spiro atoms. The number of amides is 1. The lowest BCUT2D eigenvalue weighted by atomic mass is 10.2. The Bertz CT molecular complexity index is 643. The summed E-state index contributed by atoms with van der Waals surface area (Å²) in [7, 11) is 0. The summed E-state index contributed by atoms with van der Waals surface area (Å²) >= 11 is 6.00. The molecule has 1 N–H and O–H groups in total. The quantitative estimate of drug-likeness (QED) is 0.919. The molecule has 0 aliphatic rings. The zero-order chi connectivity index (χ0) is 15.4. The normalized spacial score (nSPS) is 11.8. The number of ether oxygens (including phenoxy) is 1. The highest BCUT2D eigenvalue weighted by Crippen LogP contribution is 2.23. The van der Waals surface area contributed by atoms with Crippen LogP contribution in [0.5, 0.6) is 5.75 Å². The summed E-state index contributed by atoms with van der Waals surface area (Å²) in [5.41, 5.74) is 1.43. The number of benzene rings is 2. The Labute approximate surface area is 127 Å². The molecule has 2 rings (SSSR count). The topological polar surface area (TPSA) is 38.3 Å². The molecule has 0 unspecified atom stereocenters. The fourth-order valence-electron chi connectivity index (χ4n) is 1.75. The summed E-state index contributed by atoms with van der Waals surface area (Å²) in [6.45, 7) is 3.45. The predicted octanol–water partition coefficient (Wildman–Crippen LogP) is 4.19. The standard InChI is InChI=1S/C16H15ClFNO2/c1-10-14(17)4-3-5-15(10)19-16(20)11(2)21-13-8-6-12(18)7-9-13/h3-9,11H,1-2H3,(H,19,20)/t11-/m1/s1. The van der Waals surface area contributed by atoms with Gasteiger partial charge in [0, 0.05) is 10.7 Å². The maximum Gasteiger partial charge on any atom is 0.265 e. The molecule has 0 saturated carbocycles. The summed E-state index contributed by atoms with van der Waals surface area (Å²) in [5, 5.41) is 3.34. The maximum atomic E-state index is 12.8. The molecule has 1 amide bonds. The smallest absolute Gasteiger partial charge is 0.265 e. The van der Waals surface area contributed by atoms with E-state index in [2.05, 4.69) is 5.32 Å². The van der Waals surface area contributed by atoms with E-state index in [1.54, 1.807) is 25.1 Å². The molecule has 0 bridgehead atoms. The second-order valence-electron chi connectivity index (χ2n) is 4.62. The molecule has 110 valence electrons. The van der Waals surface area contributed by atoms with Crippen molar-refractivity contribution >= 4 is 23.2 Å². The molecular formula is C16H15ClFNO2. The van der Waals surface area contributed by atoms with Gasteiger partial charge in [-0.2, -0.15) is 0 Å². The predicted molar refractivity (Wildman–Crippen MR) is 81.3 cm³/mol. The number of hydrogen-bond donors (Lipinski definition) is 1. The van der Waals surface area contributed by atoms with Crippen LogP contribution in [0.2, 0.25) is 5.02 Å². The molecule has 0 fully saturated rings. The average Bonchev–Trinajstić information content (AvgIpc) is 2.46. The van der Waals surface area contributed by atoms with Gasteiger partial charge in [0.25, 0.3) is 5.91 Å². The van der Waals surface area contributed by atoms with Gasteiger partial charge in [-0.1, -0.05) is 17.7 Å². The van der Waals surface area contributed by atoms with Gasteiger partial charge in [0.2, 0.25) is 0 Å². The van der Waals surface area contributed by atoms with E-state index in [0.29, 0.717) is 16.5 Å². The highest BCUT2D eigenvalue weighted by Gasteiger charge is 2.16. The fourth-order valence-corrected chi connectivity index (χ4v) is 1.92. The average molecular weight is 308 g/mol. The van der Waals surface area contributed by atoms with E-state index in [-0.39, 0.29) is 11.7 Å². The first kappa shape index (κ1) is 15.3. The second-order valence-corrected chi connectivity index (χ2v) is 5.02. The lowest BCUT2D eigenvalue weighted by molar-refractivity contribution is -0.122. The van der Waals surface area contributed by atoms with Crippen molar-refractivity contribution in [3.63, 3.8) is 0 Å². The first-order chi connectivity index (χ1) is 9.97. The van der Waals surface area contributed by atoms with E-state index in [9.17, 15) is 9.18 Å². The molecule has 3 nitrogen and oxygen atoms in total. The van der Waals surface area contributed by atoms with Gasteiger partial charge in [-0.15, -0.1) is 0 Å². The van der Waals surface area contributed by atoms with Gasteiger partial charge in [0.1, 0.15) is 11.6 Å². The zero-order valence-corrected chi connectivity index (χ0v) is 12.4. The highest BCUT2D eigenvalue weighted by atomic mass is 35.5. The van der Waals surface area contributed by atoms with Crippen molar-refractivity contribution in [2.24, 2.45) is 0 Å². The second kappa shape index (κ2) is 6.59. The van der Waals surface area contributed by atoms with Crippen molar-refractivity contribution in [3.8, 4) is 5.75 Å². The Morgan fingerprint density at radius 1 is 1.24 bits per heavy atom. The van der Waals surface area contributed by atoms with Gasteiger partial charge in [0.15, 0.2) is 6.10 Å². The number of rotatable bonds is 4. The van der Waals surface area contributed by atoms with E-state index < -0.39 is 6.10 Å². The fraction of sp³-hybridized carbons (Fsp3) is 0.188. The Balaban J connectivity index is 2.02. The first-order valence-electron chi connectivity index (χ1n) is 6.45. The van der Waals surface area contributed by atoms with Gasteiger partial charge in [-0.05, 0) is 55.8 Å². The summed E-state index contributed by atoms with van der Waals surface area (Å²) in [6.07, 6.45) is -0.714. The van der Waals surface area contributed by atoms with Crippen LogP contribution in [-0.2, 0) is 4.79 Å². The molecule has 1 atom stereocenters. The van der Waals surface area contributed by atoms with E-state index in [4.69, 9.17) is 16.3 Å². The number of nitrogens with one attached hydrogen (secondary N) is 1. The van der Waals surface area contributed by atoms with Gasteiger partial charge in [-0.25, -0.2) is 4.39 Å². The molecule has 0 aromatic heterocycles. The highest BCUT2D eigenvalue weighted by molar-refractivity contribution is 6.31. The first-order valence-corrected chi connectivity index (χ1v) is 6.83. The maximum absolute atomic E-state index is 12.8. The molecular weight excluding hydrogens is 293 g/mol. The van der Waals surface area contributed by atoms with E-state index in [0.717, 1.165) is 5.56 Å². The van der Waals surface area contributed by atoms with E-state index in [1.165, 1.54) is 24.3 Å². The Morgan fingerprint density at radius 2 is 1.90 bits per heavy atom. The Kier molecular flexibility index (Phi) is 4.81. The summed E-state index contributed by atoms with van der Waals surface area (Å²) in [5.74, 6) is -0.222. The third kappa shape index (κ3) is 3.95. The molecule has 0 aliphatic heterocycles. The van der Waals surface area contributed by atoms with Crippen LogP contribution in [0.15, 0.2) is 42.5 Å². The van der Waals surface area contributed by atoms with Gasteiger partial charge >= 0.3 is 0 Å². The largest absolute Gasteiger partial charge is 0.481 e. The zero-order valence-electron chi connectivity index (χ0n) is 11.7. The molecule has 0 saturated heterocycles. The van der Waals surface area contributed by atoms with Crippen LogP contribution < -0.4 is 10.1 Å². The molecule has 0 aliphatic carbocycles. The van der Waals surface area contributed by atoms with Crippen molar-refractivity contribution in [1.82, 2.24) is 0 Å². The van der Waals surface area contributed by atoms with Crippen molar-refractivity contribution in [2.75, 3.05) is 5.32 Å². The van der Waals surface area contributed by atoms with Crippen LogP contribution in [-0.4, -0.2) is 12.0 Å². The van der Waals surface area contributed by atoms with Crippen LogP contribution >= 0.6 is 11.6 Å². The van der Waals surface area contributed by atoms with Crippen molar-refractivity contribution in [3.05, 3.63) is 58.9 Å². The Morgan fingerprint density at radius 3 is 2.57 bits per heavy atom. The van der Waals surface area contributed by atoms with Gasteiger partial charge in [-0.3, -0.25) is 4.79 Å². The minimum atomic E-state index is -0.714. The molecule has 21 heavy (non-hydrogen) atoms. The minimum absolute atomic E-state index is 0.301. The molecule has 2 aromatic carbocycles. The molecule has 0 radical (unpaired) electrons. The number of carbonyl (C=O) groups excluding carboxylic acids is 1. The van der Waals surface area contributed by atoms with Crippen LogP contribution in [0.3, 0.4) is 0 Å². The Hall–Kier alpha value is -2.07. The SMILES string of the molecule is Cc1c(Cl)cccc1NC(=O)[C@@H](C)Oc1ccc(F)cc1. The van der Waals surface area contributed by atoms with Gasteiger partial charge < -0.3 is 10.1 Å². The van der Waals surface area contributed by atoms with Crippen molar-refractivity contribution < 1.29 is 13.9 Å². The van der Waals surface area contributed by atoms with Crippen LogP contribution in [0.25, 0.3) is 0 Å². The monoisotopic (exact) mass is 307 g/mol. The third-order valence-corrected chi connectivity index (χ3v) is 3.43.